The van der Waals surface area contributed by atoms with Gasteiger partial charge in [-0.05, 0) is 37.3 Å². The molecule has 6 nitrogen and oxygen atoms in total. The number of carbonyl (C=O) groups is 2. The summed E-state index contributed by atoms with van der Waals surface area (Å²) in [4.78, 5) is 32.6. The van der Waals surface area contributed by atoms with E-state index in [0.29, 0.717) is 39.3 Å². The fourth-order valence-corrected chi connectivity index (χ4v) is 4.33. The SMILES string of the molecule is C=CCNC(=O)CN1CCN(C(=O)c2cccc3c4c([nH]c23)CCCC4)CC1. The van der Waals surface area contributed by atoms with E-state index in [-0.39, 0.29) is 11.8 Å². The van der Waals surface area contributed by atoms with Crippen molar-refractivity contribution in [1.29, 1.82) is 0 Å². The lowest BCUT2D eigenvalue weighted by Gasteiger charge is -2.34. The van der Waals surface area contributed by atoms with Gasteiger partial charge in [-0.25, -0.2) is 0 Å². The highest BCUT2D eigenvalue weighted by molar-refractivity contribution is 6.06. The van der Waals surface area contributed by atoms with Gasteiger partial charge < -0.3 is 15.2 Å². The van der Waals surface area contributed by atoms with Crippen molar-refractivity contribution in [2.45, 2.75) is 25.7 Å². The van der Waals surface area contributed by atoms with Crippen molar-refractivity contribution >= 4 is 22.7 Å². The van der Waals surface area contributed by atoms with Crippen LogP contribution in [-0.2, 0) is 17.6 Å². The number of para-hydroxylation sites is 1. The van der Waals surface area contributed by atoms with Crippen molar-refractivity contribution in [3.63, 3.8) is 0 Å². The van der Waals surface area contributed by atoms with E-state index in [0.717, 1.165) is 23.9 Å². The number of rotatable bonds is 5. The topological polar surface area (TPSA) is 68.4 Å². The molecule has 0 unspecified atom stereocenters. The maximum atomic E-state index is 13.2. The van der Waals surface area contributed by atoms with Crippen LogP contribution in [0.4, 0.5) is 0 Å². The predicted octanol–water partition coefficient (Wildman–Crippen LogP) is 2.11. The Kier molecular flexibility index (Phi) is 5.48. The van der Waals surface area contributed by atoms with Crippen LogP contribution in [-0.4, -0.2) is 65.9 Å². The summed E-state index contributed by atoms with van der Waals surface area (Å²) in [6.07, 6.45) is 6.28. The third-order valence-electron chi connectivity index (χ3n) is 5.83. The molecule has 4 rings (SSSR count). The largest absolute Gasteiger partial charge is 0.358 e. The van der Waals surface area contributed by atoms with Gasteiger partial charge in [-0.3, -0.25) is 14.5 Å². The number of aromatic nitrogens is 1. The fraction of sp³-hybridized carbons (Fsp3) is 0.455. The summed E-state index contributed by atoms with van der Waals surface area (Å²) in [6, 6.07) is 6.06. The van der Waals surface area contributed by atoms with Crippen molar-refractivity contribution < 1.29 is 9.59 Å². The first-order chi connectivity index (χ1) is 13.7. The monoisotopic (exact) mass is 380 g/mol. The molecular formula is C22H28N4O2. The van der Waals surface area contributed by atoms with Crippen LogP contribution in [0.15, 0.2) is 30.9 Å². The number of amides is 2. The molecule has 1 aliphatic heterocycles. The molecule has 1 fully saturated rings. The Morgan fingerprint density at radius 1 is 1.14 bits per heavy atom. The van der Waals surface area contributed by atoms with Crippen LogP contribution in [0.3, 0.4) is 0 Å². The van der Waals surface area contributed by atoms with Crippen LogP contribution < -0.4 is 5.32 Å². The Morgan fingerprint density at radius 3 is 2.71 bits per heavy atom. The standard InChI is InChI=1S/C22H28N4O2/c1-2-10-23-20(27)15-25-11-13-26(14-12-25)22(28)18-8-5-7-17-16-6-3-4-9-19(16)24-21(17)18/h2,5,7-8,24H,1,3-4,6,9-15H2,(H,23,27). The molecule has 2 amide bonds. The van der Waals surface area contributed by atoms with E-state index in [2.05, 4.69) is 27.8 Å². The van der Waals surface area contributed by atoms with Crippen LogP contribution in [0, 0.1) is 0 Å². The van der Waals surface area contributed by atoms with Crippen molar-refractivity contribution in [2.75, 3.05) is 39.3 Å². The van der Waals surface area contributed by atoms with Crippen molar-refractivity contribution in [1.82, 2.24) is 20.1 Å². The third kappa shape index (κ3) is 3.69. The number of nitrogens with one attached hydrogen (secondary N) is 2. The summed E-state index contributed by atoms with van der Waals surface area (Å²) in [7, 11) is 0. The number of hydrogen-bond donors (Lipinski definition) is 2. The third-order valence-corrected chi connectivity index (χ3v) is 5.83. The number of piperazine rings is 1. The Bertz CT molecular complexity index is 893. The number of benzene rings is 1. The number of aryl methyl sites for hydroxylation is 2. The molecule has 1 saturated heterocycles. The number of carbonyl (C=O) groups excluding carboxylic acids is 2. The van der Waals surface area contributed by atoms with E-state index in [4.69, 9.17) is 0 Å². The molecule has 1 aromatic heterocycles. The molecule has 0 atom stereocenters. The lowest BCUT2D eigenvalue weighted by molar-refractivity contribution is -0.122. The quantitative estimate of drug-likeness (QED) is 0.781. The minimum Gasteiger partial charge on any atom is -0.358 e. The molecule has 0 spiro atoms. The molecule has 2 aliphatic rings. The van der Waals surface area contributed by atoms with Crippen LogP contribution in [0.2, 0.25) is 0 Å². The molecule has 6 heteroatoms. The maximum absolute atomic E-state index is 13.2. The molecule has 148 valence electrons. The highest BCUT2D eigenvalue weighted by Gasteiger charge is 2.26. The van der Waals surface area contributed by atoms with Gasteiger partial charge in [0.2, 0.25) is 5.91 Å². The summed E-state index contributed by atoms with van der Waals surface area (Å²) < 4.78 is 0. The van der Waals surface area contributed by atoms with Crippen LogP contribution in [0.1, 0.15) is 34.5 Å². The van der Waals surface area contributed by atoms with Gasteiger partial charge in [0.1, 0.15) is 0 Å². The van der Waals surface area contributed by atoms with E-state index in [1.807, 2.05) is 17.0 Å². The second-order valence-electron chi connectivity index (χ2n) is 7.68. The average Bonchev–Trinajstić information content (AvgIpc) is 3.11. The first-order valence-electron chi connectivity index (χ1n) is 10.2. The Balaban J connectivity index is 1.44. The predicted molar refractivity (Wildman–Crippen MR) is 110 cm³/mol. The normalized spacial score (nSPS) is 17.4. The van der Waals surface area contributed by atoms with Gasteiger partial charge in [0.25, 0.3) is 5.91 Å². The van der Waals surface area contributed by atoms with E-state index >= 15 is 0 Å². The van der Waals surface area contributed by atoms with Gasteiger partial charge in [-0.2, -0.15) is 0 Å². The summed E-state index contributed by atoms with van der Waals surface area (Å²) in [5, 5.41) is 4.01. The van der Waals surface area contributed by atoms with Gasteiger partial charge >= 0.3 is 0 Å². The van der Waals surface area contributed by atoms with Crippen molar-refractivity contribution in [2.24, 2.45) is 0 Å². The summed E-state index contributed by atoms with van der Waals surface area (Å²) in [6.45, 7) is 7.17. The fourth-order valence-electron chi connectivity index (χ4n) is 4.33. The minimum absolute atomic E-state index is 0.00131. The highest BCUT2D eigenvalue weighted by atomic mass is 16.2. The number of hydrogen-bond acceptors (Lipinski definition) is 3. The number of nitrogens with zero attached hydrogens (tertiary/aromatic N) is 2. The van der Waals surface area contributed by atoms with E-state index in [1.54, 1.807) is 6.08 Å². The second kappa shape index (κ2) is 8.19. The van der Waals surface area contributed by atoms with E-state index in [9.17, 15) is 9.59 Å². The highest BCUT2D eigenvalue weighted by Crippen LogP contribution is 2.31. The van der Waals surface area contributed by atoms with Crippen molar-refractivity contribution in [3.8, 4) is 0 Å². The summed E-state index contributed by atoms with van der Waals surface area (Å²) in [5.41, 5.74) is 4.46. The molecule has 0 radical (unpaired) electrons. The molecular weight excluding hydrogens is 352 g/mol. The molecule has 1 aliphatic carbocycles. The minimum atomic E-state index is 0.00131. The Labute approximate surface area is 165 Å². The number of aromatic amines is 1. The molecule has 28 heavy (non-hydrogen) atoms. The van der Waals surface area contributed by atoms with Crippen LogP contribution >= 0.6 is 0 Å². The summed E-state index contributed by atoms with van der Waals surface area (Å²) in [5.74, 6) is 0.0846. The summed E-state index contributed by atoms with van der Waals surface area (Å²) >= 11 is 0. The molecule has 0 saturated carbocycles. The van der Waals surface area contributed by atoms with Gasteiger partial charge in [0, 0.05) is 43.8 Å². The molecule has 2 aromatic rings. The Hall–Kier alpha value is -2.60. The lowest BCUT2D eigenvalue weighted by atomic mass is 9.95. The zero-order valence-electron chi connectivity index (χ0n) is 16.3. The first-order valence-corrected chi connectivity index (χ1v) is 10.2. The van der Waals surface area contributed by atoms with Crippen LogP contribution in [0.5, 0.6) is 0 Å². The maximum Gasteiger partial charge on any atom is 0.256 e. The first kappa shape index (κ1) is 18.7. The van der Waals surface area contributed by atoms with Crippen molar-refractivity contribution in [3.05, 3.63) is 47.7 Å². The second-order valence-corrected chi connectivity index (χ2v) is 7.68. The molecule has 2 N–H and O–H groups in total. The van der Waals surface area contributed by atoms with Gasteiger partial charge in [0.15, 0.2) is 0 Å². The molecule has 2 heterocycles. The molecule has 1 aromatic carbocycles. The smallest absolute Gasteiger partial charge is 0.256 e. The number of H-pyrrole nitrogens is 1. The zero-order chi connectivity index (χ0) is 19.5. The van der Waals surface area contributed by atoms with Gasteiger partial charge in [-0.1, -0.05) is 18.2 Å². The van der Waals surface area contributed by atoms with Gasteiger partial charge in [0.05, 0.1) is 17.6 Å². The molecule has 0 bridgehead atoms. The van der Waals surface area contributed by atoms with Gasteiger partial charge in [-0.15, -0.1) is 6.58 Å². The zero-order valence-corrected chi connectivity index (χ0v) is 16.3. The lowest BCUT2D eigenvalue weighted by Crippen LogP contribution is -2.51. The Morgan fingerprint density at radius 2 is 1.93 bits per heavy atom. The van der Waals surface area contributed by atoms with E-state index < -0.39 is 0 Å². The average molecular weight is 380 g/mol. The van der Waals surface area contributed by atoms with Crippen LogP contribution in [0.25, 0.3) is 10.9 Å². The van der Waals surface area contributed by atoms with E-state index in [1.165, 1.54) is 29.5 Å². The number of fused-ring (bicyclic) bond motifs is 3.